The van der Waals surface area contributed by atoms with Gasteiger partial charge in [-0.3, -0.25) is 4.79 Å². The number of methoxy groups -OCH3 is 1. The van der Waals surface area contributed by atoms with Crippen molar-refractivity contribution in [2.75, 3.05) is 30.4 Å². The van der Waals surface area contributed by atoms with Crippen LogP contribution in [0.4, 0.5) is 17.6 Å². The lowest BCUT2D eigenvalue weighted by Crippen LogP contribution is -2.35. The van der Waals surface area contributed by atoms with Gasteiger partial charge in [-0.2, -0.15) is 10.2 Å². The van der Waals surface area contributed by atoms with E-state index < -0.39 is 0 Å². The molecule has 0 aliphatic carbocycles. The number of hydrogen-bond donors (Lipinski definition) is 2. The highest BCUT2D eigenvalue weighted by atomic mass is 16.5. The van der Waals surface area contributed by atoms with E-state index in [1.54, 1.807) is 26.2 Å². The zero-order valence-corrected chi connectivity index (χ0v) is 17.6. The van der Waals surface area contributed by atoms with E-state index in [1.807, 2.05) is 18.2 Å². The minimum atomic E-state index is -0.0336. The summed E-state index contributed by atoms with van der Waals surface area (Å²) in [4.78, 5) is 27.4. The number of nitrogens with one attached hydrogen (secondary N) is 2. The number of nitrogens with zero attached hydrogens (tertiary/aromatic N) is 5. The second-order valence-electron chi connectivity index (χ2n) is 7.45. The van der Waals surface area contributed by atoms with Crippen molar-refractivity contribution in [2.45, 2.75) is 26.3 Å². The summed E-state index contributed by atoms with van der Waals surface area (Å²) in [6, 6.07) is 11.3. The van der Waals surface area contributed by atoms with Crippen molar-refractivity contribution in [3.05, 3.63) is 41.6 Å². The van der Waals surface area contributed by atoms with Gasteiger partial charge in [0.05, 0.1) is 23.9 Å². The van der Waals surface area contributed by atoms with Gasteiger partial charge in [0.15, 0.2) is 0 Å². The molecular weight excluding hydrogens is 394 g/mol. The van der Waals surface area contributed by atoms with Gasteiger partial charge in [-0.05, 0) is 37.6 Å². The van der Waals surface area contributed by atoms with Crippen LogP contribution in [0.15, 0.2) is 30.3 Å². The van der Waals surface area contributed by atoms with Crippen LogP contribution in [0.1, 0.15) is 24.6 Å². The summed E-state index contributed by atoms with van der Waals surface area (Å²) >= 11 is 0. The fraction of sp³-hybridized carbons (Fsp3) is 0.318. The molecule has 9 heteroatoms. The molecule has 3 aromatic rings. The monoisotopic (exact) mass is 417 g/mol. The molecule has 0 saturated carbocycles. The predicted molar refractivity (Wildman–Crippen MR) is 117 cm³/mol. The van der Waals surface area contributed by atoms with Crippen LogP contribution in [0.3, 0.4) is 0 Å². The van der Waals surface area contributed by atoms with Crippen LogP contribution in [0, 0.1) is 18.3 Å². The number of fused-ring (bicyclic) bond motifs is 1. The Bertz CT molecular complexity index is 1190. The van der Waals surface area contributed by atoms with Gasteiger partial charge in [-0.15, -0.1) is 0 Å². The molecule has 1 amide bonds. The molecule has 1 aliphatic heterocycles. The Morgan fingerprint density at radius 1 is 1.26 bits per heavy atom. The number of aromatic nitrogens is 3. The van der Waals surface area contributed by atoms with Crippen molar-refractivity contribution in [2.24, 2.45) is 0 Å². The van der Waals surface area contributed by atoms with Crippen LogP contribution < -0.4 is 20.3 Å². The molecule has 1 atom stereocenters. The third-order valence-corrected chi connectivity index (χ3v) is 5.23. The Hall–Kier alpha value is -3.93. The van der Waals surface area contributed by atoms with Gasteiger partial charge < -0.3 is 20.3 Å². The van der Waals surface area contributed by atoms with Crippen LogP contribution >= 0.6 is 0 Å². The Morgan fingerprint density at radius 3 is 2.81 bits per heavy atom. The van der Waals surface area contributed by atoms with Crippen molar-refractivity contribution in [1.29, 1.82) is 5.26 Å². The number of nitriles is 1. The Morgan fingerprint density at radius 2 is 2.10 bits per heavy atom. The van der Waals surface area contributed by atoms with Crippen LogP contribution in [0.25, 0.3) is 10.9 Å². The van der Waals surface area contributed by atoms with E-state index in [1.165, 1.54) is 6.92 Å². The van der Waals surface area contributed by atoms with Gasteiger partial charge in [0.25, 0.3) is 0 Å². The van der Waals surface area contributed by atoms with Gasteiger partial charge in [0, 0.05) is 37.5 Å². The van der Waals surface area contributed by atoms with E-state index in [4.69, 9.17) is 15.0 Å². The first-order chi connectivity index (χ1) is 15.0. The Labute approximate surface area is 180 Å². The van der Waals surface area contributed by atoms with Crippen LogP contribution in [-0.4, -0.2) is 47.1 Å². The second kappa shape index (κ2) is 8.44. The normalized spacial score (nSPS) is 15.5. The summed E-state index contributed by atoms with van der Waals surface area (Å²) in [6.45, 7) is 4.76. The number of aryl methyl sites for hydroxylation is 1. The molecule has 2 N–H and O–H groups in total. The molecule has 1 saturated heterocycles. The minimum Gasteiger partial charge on any atom is -0.497 e. The number of anilines is 3. The highest BCUT2D eigenvalue weighted by Crippen LogP contribution is 2.31. The topological polar surface area (TPSA) is 116 Å². The average molecular weight is 417 g/mol. The first kappa shape index (κ1) is 20.3. The fourth-order valence-corrected chi connectivity index (χ4v) is 3.74. The highest BCUT2D eigenvalue weighted by molar-refractivity contribution is 5.92. The highest BCUT2D eigenvalue weighted by Gasteiger charge is 2.26. The maximum Gasteiger partial charge on any atom is 0.230 e. The van der Waals surface area contributed by atoms with Gasteiger partial charge in [0.1, 0.15) is 23.5 Å². The zero-order chi connectivity index (χ0) is 22.0. The molecule has 3 heterocycles. The predicted octanol–water partition coefficient (Wildman–Crippen LogP) is 2.67. The van der Waals surface area contributed by atoms with E-state index in [0.717, 1.165) is 29.7 Å². The number of ether oxygens (including phenoxy) is 1. The van der Waals surface area contributed by atoms with Gasteiger partial charge in [-0.25, -0.2) is 9.97 Å². The maximum absolute atomic E-state index is 11.5. The number of rotatable bonds is 5. The van der Waals surface area contributed by atoms with Crippen molar-refractivity contribution in [3.8, 4) is 11.8 Å². The van der Waals surface area contributed by atoms with Crippen LogP contribution in [-0.2, 0) is 4.79 Å². The quantitative estimate of drug-likeness (QED) is 0.651. The van der Waals surface area contributed by atoms with Crippen molar-refractivity contribution < 1.29 is 9.53 Å². The standard InChI is InChI=1S/C22H23N7O2/c1-13-15(11-23)4-7-20(24-13)27-22-26-19-10-17(31-3)5-6-18(19)21(28-22)29-9-8-16(12-29)25-14(2)30/h4-7,10,16H,8-9,12H2,1-3H3,(H,25,30)(H,24,26,27,28)/t16-/m0/s1. The molecule has 158 valence electrons. The molecule has 1 fully saturated rings. The van der Waals surface area contributed by atoms with E-state index in [9.17, 15) is 4.79 Å². The SMILES string of the molecule is COc1ccc2c(N3CC[C@H](NC(C)=O)C3)nc(Nc3ccc(C#N)c(C)n3)nc2c1. The first-order valence-electron chi connectivity index (χ1n) is 9.99. The van der Waals surface area contributed by atoms with Crippen molar-refractivity contribution >= 4 is 34.4 Å². The number of carbonyl (C=O) groups is 1. The van der Waals surface area contributed by atoms with E-state index >= 15 is 0 Å². The number of benzene rings is 1. The largest absolute Gasteiger partial charge is 0.497 e. The van der Waals surface area contributed by atoms with Gasteiger partial charge in [-0.1, -0.05) is 0 Å². The van der Waals surface area contributed by atoms with Gasteiger partial charge >= 0.3 is 0 Å². The number of amides is 1. The summed E-state index contributed by atoms with van der Waals surface area (Å²) in [6.07, 6.45) is 0.848. The number of hydrogen-bond acceptors (Lipinski definition) is 8. The molecule has 0 spiro atoms. The first-order valence-corrected chi connectivity index (χ1v) is 9.99. The third kappa shape index (κ3) is 4.33. The molecule has 31 heavy (non-hydrogen) atoms. The lowest BCUT2D eigenvalue weighted by Gasteiger charge is -2.20. The lowest BCUT2D eigenvalue weighted by atomic mass is 10.2. The molecule has 0 radical (unpaired) electrons. The second-order valence-corrected chi connectivity index (χ2v) is 7.45. The summed E-state index contributed by atoms with van der Waals surface area (Å²) in [5.41, 5.74) is 1.89. The summed E-state index contributed by atoms with van der Waals surface area (Å²) < 4.78 is 5.36. The average Bonchev–Trinajstić information content (AvgIpc) is 3.20. The minimum absolute atomic E-state index is 0.0336. The Kier molecular flexibility index (Phi) is 5.54. The lowest BCUT2D eigenvalue weighted by molar-refractivity contribution is -0.119. The molecule has 9 nitrogen and oxygen atoms in total. The molecule has 1 aromatic carbocycles. The number of carbonyl (C=O) groups excluding carboxylic acids is 1. The van der Waals surface area contributed by atoms with Crippen LogP contribution in [0.2, 0.25) is 0 Å². The van der Waals surface area contributed by atoms with E-state index in [0.29, 0.717) is 35.3 Å². The van der Waals surface area contributed by atoms with Crippen molar-refractivity contribution in [3.63, 3.8) is 0 Å². The summed E-state index contributed by atoms with van der Waals surface area (Å²) in [5.74, 6) is 2.41. The maximum atomic E-state index is 11.5. The molecule has 4 rings (SSSR count). The molecule has 1 aliphatic rings. The summed E-state index contributed by atoms with van der Waals surface area (Å²) in [5, 5.41) is 16.2. The zero-order valence-electron chi connectivity index (χ0n) is 17.6. The molecule has 2 aromatic heterocycles. The third-order valence-electron chi connectivity index (χ3n) is 5.23. The van der Waals surface area contributed by atoms with Crippen molar-refractivity contribution in [1.82, 2.24) is 20.3 Å². The molecule has 0 unspecified atom stereocenters. The summed E-state index contributed by atoms with van der Waals surface area (Å²) in [7, 11) is 1.62. The van der Waals surface area contributed by atoms with Crippen LogP contribution in [0.5, 0.6) is 5.75 Å². The fourth-order valence-electron chi connectivity index (χ4n) is 3.74. The van der Waals surface area contributed by atoms with E-state index in [2.05, 4.69) is 31.6 Å². The number of pyridine rings is 1. The smallest absolute Gasteiger partial charge is 0.230 e. The Balaban J connectivity index is 1.72. The van der Waals surface area contributed by atoms with E-state index in [-0.39, 0.29) is 11.9 Å². The molecular formula is C22H23N7O2. The van der Waals surface area contributed by atoms with Gasteiger partial charge in [0.2, 0.25) is 11.9 Å². The molecule has 0 bridgehead atoms.